The summed E-state index contributed by atoms with van der Waals surface area (Å²) in [5, 5.41) is 10.6. The van der Waals surface area contributed by atoms with Crippen LogP contribution in [-0.2, 0) is 0 Å². The molecule has 0 bridgehead atoms. The van der Waals surface area contributed by atoms with Crippen LogP contribution in [0.3, 0.4) is 0 Å². The first-order chi connectivity index (χ1) is 13.9. The predicted octanol–water partition coefficient (Wildman–Crippen LogP) is 8.00. The van der Waals surface area contributed by atoms with Gasteiger partial charge in [0.25, 0.3) is 0 Å². The summed E-state index contributed by atoms with van der Waals surface area (Å²) in [6.07, 6.45) is 0. The third-order valence-electron chi connectivity index (χ3n) is 5.98. The van der Waals surface area contributed by atoms with Gasteiger partial charge in [0.05, 0.1) is 5.52 Å². The Morgan fingerprint density at radius 3 is 2.18 bits per heavy atom. The average Bonchev–Trinajstić information content (AvgIpc) is 3.29. The number of thiophene rings is 1. The van der Waals surface area contributed by atoms with Crippen molar-refractivity contribution in [3.8, 4) is 0 Å². The van der Waals surface area contributed by atoms with Gasteiger partial charge in [-0.15, -0.1) is 11.3 Å². The molecule has 0 spiro atoms. The van der Waals surface area contributed by atoms with Crippen molar-refractivity contribution in [2.75, 3.05) is 0 Å². The van der Waals surface area contributed by atoms with Crippen molar-refractivity contribution in [2.45, 2.75) is 0 Å². The summed E-state index contributed by atoms with van der Waals surface area (Å²) in [7, 11) is 0. The third-order valence-corrected chi connectivity index (χ3v) is 7.10. The maximum absolute atomic E-state index is 3.70. The molecule has 5 aromatic carbocycles. The molecule has 28 heavy (non-hydrogen) atoms. The van der Waals surface area contributed by atoms with E-state index in [2.05, 4.69) is 89.9 Å². The van der Waals surface area contributed by atoms with Crippen molar-refractivity contribution < 1.29 is 0 Å². The van der Waals surface area contributed by atoms with Crippen molar-refractivity contribution in [1.29, 1.82) is 0 Å². The minimum atomic E-state index is 1.22. The van der Waals surface area contributed by atoms with Crippen molar-refractivity contribution in [3.05, 3.63) is 84.9 Å². The van der Waals surface area contributed by atoms with Gasteiger partial charge in [0, 0.05) is 41.8 Å². The molecular formula is C26H15NS. The van der Waals surface area contributed by atoms with Gasteiger partial charge < -0.3 is 4.98 Å². The number of aromatic nitrogens is 1. The number of rotatable bonds is 0. The molecule has 0 aliphatic heterocycles. The maximum atomic E-state index is 3.70. The van der Waals surface area contributed by atoms with E-state index in [4.69, 9.17) is 0 Å². The van der Waals surface area contributed by atoms with Gasteiger partial charge in [-0.3, -0.25) is 0 Å². The predicted molar refractivity (Wildman–Crippen MR) is 124 cm³/mol. The average molecular weight is 373 g/mol. The van der Waals surface area contributed by atoms with Crippen LogP contribution in [0.25, 0.3) is 63.5 Å². The fourth-order valence-corrected chi connectivity index (χ4v) is 5.83. The van der Waals surface area contributed by atoms with Crippen LogP contribution in [0.5, 0.6) is 0 Å². The first kappa shape index (κ1) is 14.7. The molecular weight excluding hydrogens is 358 g/mol. The lowest BCUT2D eigenvalue weighted by Crippen LogP contribution is -1.74. The Hall–Kier alpha value is -3.36. The van der Waals surface area contributed by atoms with E-state index >= 15 is 0 Å². The van der Waals surface area contributed by atoms with E-state index in [1.54, 1.807) is 0 Å². The van der Waals surface area contributed by atoms with Crippen molar-refractivity contribution >= 4 is 74.9 Å². The first-order valence-electron chi connectivity index (χ1n) is 9.54. The zero-order chi connectivity index (χ0) is 18.2. The van der Waals surface area contributed by atoms with Gasteiger partial charge in [-0.1, -0.05) is 66.7 Å². The molecule has 1 N–H and O–H groups in total. The number of fused-ring (bicyclic) bond motifs is 10. The van der Waals surface area contributed by atoms with Crippen molar-refractivity contribution in [2.24, 2.45) is 0 Å². The zero-order valence-corrected chi connectivity index (χ0v) is 15.8. The highest BCUT2D eigenvalue weighted by atomic mass is 32.1. The van der Waals surface area contributed by atoms with Gasteiger partial charge >= 0.3 is 0 Å². The lowest BCUT2D eigenvalue weighted by molar-refractivity contribution is 1.58. The van der Waals surface area contributed by atoms with E-state index < -0.39 is 0 Å². The number of H-pyrrole nitrogens is 1. The summed E-state index contributed by atoms with van der Waals surface area (Å²) >= 11 is 1.88. The number of aromatic amines is 1. The third kappa shape index (κ3) is 1.81. The van der Waals surface area contributed by atoms with E-state index in [1.807, 2.05) is 11.3 Å². The van der Waals surface area contributed by atoms with Crippen LogP contribution in [0, 0.1) is 0 Å². The molecule has 0 atom stereocenters. The molecule has 0 saturated heterocycles. The Morgan fingerprint density at radius 1 is 0.536 bits per heavy atom. The summed E-state index contributed by atoms with van der Waals surface area (Å²) in [6, 6.07) is 31.0. The topological polar surface area (TPSA) is 15.8 Å². The molecule has 0 unspecified atom stereocenters. The normalized spacial score (nSPS) is 12.3. The van der Waals surface area contributed by atoms with Gasteiger partial charge in [0.1, 0.15) is 0 Å². The smallest absolute Gasteiger partial charge is 0.0544 e. The largest absolute Gasteiger partial charge is 0.354 e. The number of hydrogen-bond acceptors (Lipinski definition) is 1. The maximum Gasteiger partial charge on any atom is 0.0544 e. The molecule has 0 fully saturated rings. The van der Waals surface area contributed by atoms with E-state index in [0.717, 1.165) is 0 Å². The molecule has 0 amide bonds. The van der Waals surface area contributed by atoms with Gasteiger partial charge in [-0.2, -0.15) is 0 Å². The highest BCUT2D eigenvalue weighted by molar-refractivity contribution is 7.26. The standard InChI is InChI=1S/C26H15NS/c1-3-7-17-15(5-1)10-12-23-25(17)21-13-20-19-11-9-16-6-2-4-8-18(16)26(19)27-22(20)14-24(21)28-23/h1-14,27H. The van der Waals surface area contributed by atoms with Crippen molar-refractivity contribution in [1.82, 2.24) is 4.98 Å². The summed E-state index contributed by atoms with van der Waals surface area (Å²) in [5.74, 6) is 0. The lowest BCUT2D eigenvalue weighted by Gasteiger charge is -2.01. The lowest BCUT2D eigenvalue weighted by atomic mass is 10.0. The Bertz CT molecular complexity index is 1710. The second kappa shape index (κ2) is 5.12. The van der Waals surface area contributed by atoms with Gasteiger partial charge in [-0.25, -0.2) is 0 Å². The molecule has 1 nitrogen and oxygen atoms in total. The summed E-state index contributed by atoms with van der Waals surface area (Å²) in [5.41, 5.74) is 2.45. The first-order valence-corrected chi connectivity index (χ1v) is 10.4. The van der Waals surface area contributed by atoms with E-state index in [-0.39, 0.29) is 0 Å². The Labute approximate surface area is 164 Å². The Balaban J connectivity index is 1.70. The van der Waals surface area contributed by atoms with Crippen molar-refractivity contribution in [3.63, 3.8) is 0 Å². The molecule has 0 saturated carbocycles. The summed E-state index contributed by atoms with van der Waals surface area (Å²) in [4.78, 5) is 3.70. The molecule has 2 heterocycles. The van der Waals surface area contributed by atoms with Crippen LogP contribution in [0.2, 0.25) is 0 Å². The summed E-state index contributed by atoms with van der Waals surface area (Å²) < 4.78 is 2.70. The number of nitrogens with one attached hydrogen (secondary N) is 1. The van der Waals surface area contributed by atoms with Gasteiger partial charge in [0.15, 0.2) is 0 Å². The van der Waals surface area contributed by atoms with E-state index in [9.17, 15) is 0 Å². The fourth-order valence-electron chi connectivity index (χ4n) is 4.68. The van der Waals surface area contributed by atoms with Crippen LogP contribution in [0.1, 0.15) is 0 Å². The minimum Gasteiger partial charge on any atom is -0.354 e. The number of benzene rings is 5. The highest BCUT2D eigenvalue weighted by Gasteiger charge is 2.13. The fraction of sp³-hybridized carbons (Fsp3) is 0. The van der Waals surface area contributed by atoms with Crippen LogP contribution >= 0.6 is 11.3 Å². The summed E-state index contributed by atoms with van der Waals surface area (Å²) in [6.45, 7) is 0. The van der Waals surface area contributed by atoms with Crippen LogP contribution in [0.4, 0.5) is 0 Å². The second-order valence-corrected chi connectivity index (χ2v) is 8.57. The molecule has 7 aromatic rings. The molecule has 7 rings (SSSR count). The monoisotopic (exact) mass is 373 g/mol. The van der Waals surface area contributed by atoms with Gasteiger partial charge in [0.2, 0.25) is 0 Å². The molecule has 0 aliphatic carbocycles. The van der Waals surface area contributed by atoms with Gasteiger partial charge in [-0.05, 0) is 34.4 Å². The molecule has 0 aliphatic rings. The molecule has 2 heteroatoms. The minimum absolute atomic E-state index is 1.22. The zero-order valence-electron chi connectivity index (χ0n) is 15.0. The van der Waals surface area contributed by atoms with Crippen LogP contribution in [-0.4, -0.2) is 4.98 Å². The molecule has 2 aromatic heterocycles. The SMILES string of the molecule is c1ccc2c(c1)ccc1c3cc4c(cc3[nH]c21)sc1ccc2ccccc2c14. The van der Waals surface area contributed by atoms with E-state index in [1.165, 1.54) is 63.5 Å². The Morgan fingerprint density at radius 2 is 1.29 bits per heavy atom. The number of hydrogen-bond donors (Lipinski definition) is 1. The highest BCUT2D eigenvalue weighted by Crippen LogP contribution is 2.42. The van der Waals surface area contributed by atoms with Crippen LogP contribution in [0.15, 0.2) is 84.9 Å². The Kier molecular flexibility index (Phi) is 2.68. The molecule has 130 valence electrons. The van der Waals surface area contributed by atoms with E-state index in [0.29, 0.717) is 0 Å². The second-order valence-electron chi connectivity index (χ2n) is 7.49. The quantitative estimate of drug-likeness (QED) is 0.277. The molecule has 0 radical (unpaired) electrons. The van der Waals surface area contributed by atoms with Crippen LogP contribution < -0.4 is 0 Å².